The normalized spacial score (nSPS) is 34.6. The first-order chi connectivity index (χ1) is 8.72. The number of nitrogens with zero attached hydrogens (tertiary/aromatic N) is 1. The number of benzene rings is 1. The summed E-state index contributed by atoms with van der Waals surface area (Å²) in [5.74, 6) is 0.581. The molecule has 0 saturated carbocycles. The molecule has 0 aliphatic carbocycles. The highest BCUT2D eigenvalue weighted by Crippen LogP contribution is 2.37. The fourth-order valence-corrected chi connectivity index (χ4v) is 3.39. The summed E-state index contributed by atoms with van der Waals surface area (Å²) >= 11 is 0. The van der Waals surface area contributed by atoms with E-state index in [1.165, 1.54) is 18.5 Å². The molecule has 2 bridgehead atoms. The minimum atomic E-state index is -0.109. The van der Waals surface area contributed by atoms with Crippen molar-refractivity contribution in [2.75, 3.05) is 31.6 Å². The molecule has 1 aromatic rings. The molecule has 18 heavy (non-hydrogen) atoms. The quantitative estimate of drug-likeness (QED) is 0.854. The van der Waals surface area contributed by atoms with E-state index in [-0.39, 0.29) is 12.1 Å². The Hall–Kier alpha value is -1.06. The Labute approximate surface area is 109 Å². The van der Waals surface area contributed by atoms with Crippen molar-refractivity contribution in [1.29, 1.82) is 0 Å². The summed E-state index contributed by atoms with van der Waals surface area (Å²) in [7, 11) is 0. The maximum Gasteiger partial charge on any atom is 0.0665 e. The molecular formula is C15H22N2O. The van der Waals surface area contributed by atoms with Crippen molar-refractivity contribution in [2.24, 2.45) is 5.92 Å². The predicted octanol–water partition coefficient (Wildman–Crippen LogP) is 1.86. The van der Waals surface area contributed by atoms with Crippen LogP contribution in [0.2, 0.25) is 0 Å². The first kappa shape index (κ1) is 12.0. The van der Waals surface area contributed by atoms with Gasteiger partial charge in [0.2, 0.25) is 0 Å². The maximum atomic E-state index is 9.90. The molecule has 0 amide bonds. The van der Waals surface area contributed by atoms with Crippen LogP contribution < -0.4 is 5.32 Å². The summed E-state index contributed by atoms with van der Waals surface area (Å²) in [6.07, 6.45) is 2.25. The van der Waals surface area contributed by atoms with Crippen molar-refractivity contribution in [3.05, 3.63) is 29.8 Å². The highest BCUT2D eigenvalue weighted by molar-refractivity contribution is 5.47. The van der Waals surface area contributed by atoms with E-state index in [1.54, 1.807) is 0 Å². The van der Waals surface area contributed by atoms with Gasteiger partial charge in [-0.1, -0.05) is 17.7 Å². The minimum Gasteiger partial charge on any atom is -0.394 e. The molecule has 2 aliphatic heterocycles. The van der Waals surface area contributed by atoms with E-state index in [9.17, 15) is 5.11 Å². The summed E-state index contributed by atoms with van der Waals surface area (Å²) in [6.45, 7) is 5.78. The van der Waals surface area contributed by atoms with E-state index in [4.69, 9.17) is 0 Å². The Kier molecular flexibility index (Phi) is 3.04. The standard InChI is InChI=1S/C15H22N2O/c1-12-2-4-14(5-3-12)16-15(11-18)7-9-17-8-6-13(15)10-17/h2-5,13,16,18H,6-11H2,1H3. The number of fused-ring (bicyclic) bond motifs is 2. The fourth-order valence-electron chi connectivity index (χ4n) is 3.39. The Morgan fingerprint density at radius 3 is 2.83 bits per heavy atom. The molecule has 2 fully saturated rings. The zero-order valence-corrected chi connectivity index (χ0v) is 11.0. The van der Waals surface area contributed by atoms with Gasteiger partial charge in [0, 0.05) is 18.8 Å². The zero-order valence-electron chi connectivity index (χ0n) is 11.0. The second kappa shape index (κ2) is 4.56. The summed E-state index contributed by atoms with van der Waals surface area (Å²) in [6, 6.07) is 8.48. The van der Waals surface area contributed by atoms with Gasteiger partial charge in [0.25, 0.3) is 0 Å². The highest BCUT2D eigenvalue weighted by atomic mass is 16.3. The van der Waals surface area contributed by atoms with Crippen molar-refractivity contribution in [3.63, 3.8) is 0 Å². The van der Waals surface area contributed by atoms with E-state index >= 15 is 0 Å². The Morgan fingerprint density at radius 1 is 1.33 bits per heavy atom. The average molecular weight is 246 g/mol. The first-order valence-electron chi connectivity index (χ1n) is 6.90. The van der Waals surface area contributed by atoms with Crippen molar-refractivity contribution >= 4 is 5.69 Å². The van der Waals surface area contributed by atoms with E-state index in [0.717, 1.165) is 25.2 Å². The van der Waals surface area contributed by atoms with Gasteiger partial charge in [-0.05, 0) is 44.4 Å². The summed E-state index contributed by atoms with van der Waals surface area (Å²) in [5.41, 5.74) is 2.30. The molecule has 3 atom stereocenters. The van der Waals surface area contributed by atoms with Gasteiger partial charge < -0.3 is 15.3 Å². The molecule has 3 unspecified atom stereocenters. The number of anilines is 1. The zero-order chi connectivity index (χ0) is 12.6. The topological polar surface area (TPSA) is 35.5 Å². The smallest absolute Gasteiger partial charge is 0.0665 e. The third kappa shape index (κ3) is 2.02. The molecule has 3 rings (SSSR count). The monoisotopic (exact) mass is 246 g/mol. The Morgan fingerprint density at radius 2 is 2.11 bits per heavy atom. The van der Waals surface area contributed by atoms with Gasteiger partial charge in [-0.25, -0.2) is 0 Å². The Balaban J connectivity index is 1.81. The summed E-state index contributed by atoms with van der Waals surface area (Å²) in [5, 5.41) is 13.5. The number of nitrogens with one attached hydrogen (secondary N) is 1. The van der Waals surface area contributed by atoms with Crippen LogP contribution in [0.4, 0.5) is 5.69 Å². The van der Waals surface area contributed by atoms with Gasteiger partial charge in [0.15, 0.2) is 0 Å². The van der Waals surface area contributed by atoms with Crippen LogP contribution in [0.3, 0.4) is 0 Å². The van der Waals surface area contributed by atoms with Crippen LogP contribution in [0, 0.1) is 12.8 Å². The number of hydrogen-bond acceptors (Lipinski definition) is 3. The summed E-state index contributed by atoms with van der Waals surface area (Å²) in [4.78, 5) is 2.51. The van der Waals surface area contributed by atoms with E-state index in [0.29, 0.717) is 5.92 Å². The predicted molar refractivity (Wildman–Crippen MR) is 73.8 cm³/mol. The third-order valence-electron chi connectivity index (χ3n) is 4.65. The molecule has 0 radical (unpaired) electrons. The molecular weight excluding hydrogens is 224 g/mol. The second-order valence-electron chi connectivity index (χ2n) is 5.84. The van der Waals surface area contributed by atoms with Gasteiger partial charge in [-0.2, -0.15) is 0 Å². The number of hydrogen-bond donors (Lipinski definition) is 2. The first-order valence-corrected chi connectivity index (χ1v) is 6.90. The number of aliphatic hydroxyl groups excluding tert-OH is 1. The molecule has 98 valence electrons. The lowest BCUT2D eigenvalue weighted by Crippen LogP contribution is -2.54. The van der Waals surface area contributed by atoms with E-state index < -0.39 is 0 Å². The summed E-state index contributed by atoms with van der Waals surface area (Å²) < 4.78 is 0. The number of piperidine rings is 1. The molecule has 2 aliphatic rings. The van der Waals surface area contributed by atoms with Crippen LogP contribution in [0.5, 0.6) is 0 Å². The van der Waals surface area contributed by atoms with Crippen molar-refractivity contribution < 1.29 is 5.11 Å². The molecule has 1 aromatic carbocycles. The van der Waals surface area contributed by atoms with Gasteiger partial charge in [-0.15, -0.1) is 0 Å². The highest BCUT2D eigenvalue weighted by Gasteiger charge is 2.45. The molecule has 2 N–H and O–H groups in total. The molecule has 0 spiro atoms. The molecule has 2 saturated heterocycles. The van der Waals surface area contributed by atoms with Crippen molar-refractivity contribution in [2.45, 2.75) is 25.3 Å². The van der Waals surface area contributed by atoms with E-state index in [2.05, 4.69) is 41.4 Å². The largest absolute Gasteiger partial charge is 0.394 e. The van der Waals surface area contributed by atoms with Crippen LogP contribution in [-0.4, -0.2) is 41.8 Å². The van der Waals surface area contributed by atoms with Crippen LogP contribution in [-0.2, 0) is 0 Å². The van der Waals surface area contributed by atoms with E-state index in [1.807, 2.05) is 0 Å². The Bertz CT molecular complexity index is 417. The minimum absolute atomic E-state index is 0.109. The van der Waals surface area contributed by atoms with Crippen LogP contribution in [0.15, 0.2) is 24.3 Å². The molecule has 2 heterocycles. The van der Waals surface area contributed by atoms with Gasteiger partial charge in [-0.3, -0.25) is 0 Å². The fraction of sp³-hybridized carbons (Fsp3) is 0.600. The molecule has 3 heteroatoms. The number of aliphatic hydroxyl groups is 1. The number of aryl methyl sites for hydroxylation is 1. The van der Waals surface area contributed by atoms with Crippen molar-refractivity contribution in [3.8, 4) is 0 Å². The average Bonchev–Trinajstić information content (AvgIpc) is 2.81. The van der Waals surface area contributed by atoms with Crippen LogP contribution >= 0.6 is 0 Å². The van der Waals surface area contributed by atoms with Gasteiger partial charge >= 0.3 is 0 Å². The van der Waals surface area contributed by atoms with Crippen LogP contribution in [0.25, 0.3) is 0 Å². The lowest BCUT2D eigenvalue weighted by molar-refractivity contribution is 0.112. The van der Waals surface area contributed by atoms with Gasteiger partial charge in [0.05, 0.1) is 12.1 Å². The third-order valence-corrected chi connectivity index (χ3v) is 4.65. The molecule has 0 aromatic heterocycles. The lowest BCUT2D eigenvalue weighted by atomic mass is 9.79. The molecule has 3 nitrogen and oxygen atoms in total. The SMILES string of the molecule is Cc1ccc(NC2(CO)CCN3CCC2C3)cc1. The van der Waals surface area contributed by atoms with Gasteiger partial charge in [0.1, 0.15) is 0 Å². The number of rotatable bonds is 3. The van der Waals surface area contributed by atoms with Crippen molar-refractivity contribution in [1.82, 2.24) is 4.90 Å². The second-order valence-corrected chi connectivity index (χ2v) is 5.84. The maximum absolute atomic E-state index is 9.90. The van der Waals surface area contributed by atoms with Crippen LogP contribution in [0.1, 0.15) is 18.4 Å². The lowest BCUT2D eigenvalue weighted by Gasteiger charge is -2.43.